The molecule has 0 radical (unpaired) electrons. The van der Waals surface area contributed by atoms with E-state index in [2.05, 4.69) is 12.2 Å². The number of amides is 1. The lowest BCUT2D eigenvalue weighted by Gasteiger charge is -2.23. The van der Waals surface area contributed by atoms with Crippen molar-refractivity contribution in [2.24, 2.45) is 11.7 Å². The lowest BCUT2D eigenvalue weighted by atomic mass is 10.00. The van der Waals surface area contributed by atoms with Gasteiger partial charge in [-0.2, -0.15) is 0 Å². The Morgan fingerprint density at radius 1 is 1.47 bits per heavy atom. The van der Waals surface area contributed by atoms with E-state index in [0.29, 0.717) is 38.8 Å². The van der Waals surface area contributed by atoms with Gasteiger partial charge in [-0.25, -0.2) is 0 Å². The topological polar surface area (TPSA) is 73.6 Å². The lowest BCUT2D eigenvalue weighted by Crippen LogP contribution is -2.44. The van der Waals surface area contributed by atoms with Gasteiger partial charge in [0, 0.05) is 6.54 Å². The predicted octanol–water partition coefficient (Wildman–Crippen LogP) is 0.283. The van der Waals surface area contributed by atoms with Crippen molar-refractivity contribution in [3.63, 3.8) is 0 Å². The van der Waals surface area contributed by atoms with E-state index in [1.807, 2.05) is 0 Å². The number of hydrogen-bond donors (Lipinski definition) is 2. The van der Waals surface area contributed by atoms with Crippen molar-refractivity contribution >= 4 is 5.91 Å². The summed E-state index contributed by atoms with van der Waals surface area (Å²) in [5, 5.41) is 2.92. The highest BCUT2D eigenvalue weighted by atomic mass is 16.6. The maximum atomic E-state index is 11.8. The lowest BCUT2D eigenvalue weighted by molar-refractivity contribution is -0.147. The van der Waals surface area contributed by atoms with Crippen LogP contribution in [-0.4, -0.2) is 44.9 Å². The second-order valence-corrected chi connectivity index (χ2v) is 4.41. The summed E-state index contributed by atoms with van der Waals surface area (Å²) < 4.78 is 10.5. The third kappa shape index (κ3) is 5.48. The molecule has 1 aliphatic rings. The molecule has 1 rings (SSSR count). The van der Waals surface area contributed by atoms with Gasteiger partial charge >= 0.3 is 0 Å². The third-order valence-corrected chi connectivity index (χ3v) is 2.95. The van der Waals surface area contributed by atoms with Crippen molar-refractivity contribution in [2.75, 3.05) is 32.9 Å². The van der Waals surface area contributed by atoms with E-state index in [4.69, 9.17) is 15.2 Å². The zero-order chi connectivity index (χ0) is 12.5. The van der Waals surface area contributed by atoms with Crippen LogP contribution in [0.3, 0.4) is 0 Å². The third-order valence-electron chi connectivity index (χ3n) is 2.95. The van der Waals surface area contributed by atoms with Crippen LogP contribution in [0.1, 0.15) is 26.2 Å². The predicted molar refractivity (Wildman–Crippen MR) is 65.6 cm³/mol. The Hall–Kier alpha value is -0.650. The fourth-order valence-electron chi connectivity index (χ4n) is 1.99. The molecule has 17 heavy (non-hydrogen) atoms. The minimum absolute atomic E-state index is 0.0668. The van der Waals surface area contributed by atoms with Gasteiger partial charge in [-0.05, 0) is 25.3 Å². The maximum Gasteiger partial charge on any atom is 0.251 e. The molecule has 2 unspecified atom stereocenters. The molecule has 5 nitrogen and oxygen atoms in total. The SMILES string of the molecule is CCCC(CCN)CNC(=O)C1COCCO1. The summed E-state index contributed by atoms with van der Waals surface area (Å²) in [6.07, 6.45) is 2.73. The standard InChI is InChI=1S/C12H24N2O3/c1-2-3-10(4-5-13)8-14-12(15)11-9-16-6-7-17-11/h10-11H,2-9,13H2,1H3,(H,14,15). The monoisotopic (exact) mass is 244 g/mol. The first kappa shape index (κ1) is 14.4. The van der Waals surface area contributed by atoms with Crippen LogP contribution >= 0.6 is 0 Å². The molecule has 2 atom stereocenters. The van der Waals surface area contributed by atoms with Gasteiger partial charge in [0.05, 0.1) is 19.8 Å². The highest BCUT2D eigenvalue weighted by Gasteiger charge is 2.22. The molecule has 0 aromatic heterocycles. The molecular weight excluding hydrogens is 220 g/mol. The van der Waals surface area contributed by atoms with Crippen LogP contribution < -0.4 is 11.1 Å². The van der Waals surface area contributed by atoms with Gasteiger partial charge < -0.3 is 20.5 Å². The van der Waals surface area contributed by atoms with E-state index >= 15 is 0 Å². The van der Waals surface area contributed by atoms with Crippen molar-refractivity contribution in [1.82, 2.24) is 5.32 Å². The molecule has 0 spiro atoms. The Labute approximate surface area is 103 Å². The van der Waals surface area contributed by atoms with Gasteiger partial charge in [-0.3, -0.25) is 4.79 Å². The van der Waals surface area contributed by atoms with E-state index in [1.165, 1.54) is 0 Å². The van der Waals surface area contributed by atoms with Crippen LogP contribution in [0.5, 0.6) is 0 Å². The molecule has 1 amide bonds. The fraction of sp³-hybridized carbons (Fsp3) is 0.917. The second-order valence-electron chi connectivity index (χ2n) is 4.41. The van der Waals surface area contributed by atoms with Gasteiger partial charge in [-0.1, -0.05) is 13.3 Å². The van der Waals surface area contributed by atoms with Gasteiger partial charge in [0.25, 0.3) is 5.91 Å². The van der Waals surface area contributed by atoms with Crippen LogP contribution in [0.15, 0.2) is 0 Å². The minimum Gasteiger partial charge on any atom is -0.376 e. The molecule has 1 fully saturated rings. The van der Waals surface area contributed by atoms with Crippen molar-refractivity contribution in [1.29, 1.82) is 0 Å². The molecule has 100 valence electrons. The maximum absolute atomic E-state index is 11.8. The number of ether oxygens (including phenoxy) is 2. The molecular formula is C12H24N2O3. The van der Waals surface area contributed by atoms with E-state index in [1.54, 1.807) is 0 Å². The largest absolute Gasteiger partial charge is 0.376 e. The molecule has 3 N–H and O–H groups in total. The van der Waals surface area contributed by atoms with Crippen LogP contribution in [0.25, 0.3) is 0 Å². The normalized spacial score (nSPS) is 22.1. The number of nitrogens with two attached hydrogens (primary N) is 1. The zero-order valence-electron chi connectivity index (χ0n) is 10.6. The Bertz CT molecular complexity index is 212. The van der Waals surface area contributed by atoms with Crippen LogP contribution in [0.4, 0.5) is 0 Å². The molecule has 0 bridgehead atoms. The van der Waals surface area contributed by atoms with Crippen LogP contribution in [0.2, 0.25) is 0 Å². The van der Waals surface area contributed by atoms with Crippen LogP contribution in [0, 0.1) is 5.92 Å². The first-order valence-corrected chi connectivity index (χ1v) is 6.45. The smallest absolute Gasteiger partial charge is 0.251 e. The van der Waals surface area contributed by atoms with Crippen molar-refractivity contribution in [3.05, 3.63) is 0 Å². The summed E-state index contributed by atoms with van der Waals surface area (Å²) in [5.74, 6) is 0.404. The summed E-state index contributed by atoms with van der Waals surface area (Å²) in [6, 6.07) is 0. The highest BCUT2D eigenvalue weighted by molar-refractivity contribution is 5.80. The quantitative estimate of drug-likeness (QED) is 0.675. The average molecular weight is 244 g/mol. The second kappa shape index (κ2) is 8.44. The molecule has 1 aliphatic heterocycles. The minimum atomic E-state index is -0.441. The molecule has 1 heterocycles. The highest BCUT2D eigenvalue weighted by Crippen LogP contribution is 2.09. The average Bonchev–Trinajstić information content (AvgIpc) is 2.37. The summed E-state index contributed by atoms with van der Waals surface area (Å²) in [7, 11) is 0. The Morgan fingerprint density at radius 2 is 2.29 bits per heavy atom. The molecule has 0 aliphatic carbocycles. The van der Waals surface area contributed by atoms with Crippen molar-refractivity contribution < 1.29 is 14.3 Å². The van der Waals surface area contributed by atoms with Gasteiger partial charge in [0.15, 0.2) is 6.10 Å². The van der Waals surface area contributed by atoms with Crippen molar-refractivity contribution in [3.8, 4) is 0 Å². The number of carbonyl (C=O) groups is 1. The summed E-state index contributed by atoms with van der Waals surface area (Å²) in [5.41, 5.74) is 5.55. The van der Waals surface area contributed by atoms with Gasteiger partial charge in [0.2, 0.25) is 0 Å². The Kier molecular flexibility index (Phi) is 7.16. The fourth-order valence-corrected chi connectivity index (χ4v) is 1.99. The van der Waals surface area contributed by atoms with E-state index in [9.17, 15) is 4.79 Å². The molecule has 0 aromatic rings. The molecule has 0 aromatic carbocycles. The zero-order valence-corrected chi connectivity index (χ0v) is 10.6. The van der Waals surface area contributed by atoms with E-state index in [-0.39, 0.29) is 5.91 Å². The summed E-state index contributed by atoms with van der Waals surface area (Å²) in [4.78, 5) is 11.8. The first-order chi connectivity index (χ1) is 8.27. The molecule has 5 heteroatoms. The Morgan fingerprint density at radius 3 is 2.88 bits per heavy atom. The summed E-state index contributed by atoms with van der Waals surface area (Å²) >= 11 is 0. The number of rotatable bonds is 7. The number of nitrogens with one attached hydrogen (secondary N) is 1. The number of hydrogen-bond acceptors (Lipinski definition) is 4. The first-order valence-electron chi connectivity index (χ1n) is 6.45. The van der Waals surface area contributed by atoms with Crippen LogP contribution in [-0.2, 0) is 14.3 Å². The van der Waals surface area contributed by atoms with E-state index in [0.717, 1.165) is 19.3 Å². The molecule has 0 saturated carbocycles. The Balaban J connectivity index is 2.24. The molecule has 1 saturated heterocycles. The van der Waals surface area contributed by atoms with Gasteiger partial charge in [0.1, 0.15) is 0 Å². The van der Waals surface area contributed by atoms with E-state index < -0.39 is 6.10 Å². The number of carbonyl (C=O) groups excluding carboxylic acids is 1. The van der Waals surface area contributed by atoms with Crippen molar-refractivity contribution in [2.45, 2.75) is 32.3 Å². The summed E-state index contributed by atoms with van der Waals surface area (Å²) in [6.45, 7) is 4.94. The van der Waals surface area contributed by atoms with Gasteiger partial charge in [-0.15, -0.1) is 0 Å².